The maximum Gasteiger partial charge on any atom is 0.147 e. The first-order chi connectivity index (χ1) is 18.0. The van der Waals surface area contributed by atoms with Crippen LogP contribution >= 0.6 is 11.3 Å². The molecular formula is C28H33N5O3S. The summed E-state index contributed by atoms with van der Waals surface area (Å²) in [6.45, 7) is 11.4. The Labute approximate surface area is 221 Å². The summed E-state index contributed by atoms with van der Waals surface area (Å²) in [5.74, 6) is 2.83. The number of benzene rings is 1. The number of morpholine rings is 1. The van der Waals surface area contributed by atoms with Gasteiger partial charge in [0.15, 0.2) is 0 Å². The molecule has 9 heteroatoms. The number of ether oxygens (including phenoxy) is 3. The number of fused-ring (bicyclic) bond motifs is 5. The number of aromatic nitrogens is 3. The monoisotopic (exact) mass is 519 g/mol. The van der Waals surface area contributed by atoms with Gasteiger partial charge in [0.2, 0.25) is 0 Å². The zero-order chi connectivity index (χ0) is 25.4. The quantitative estimate of drug-likeness (QED) is 0.366. The lowest BCUT2D eigenvalue weighted by Gasteiger charge is -2.36. The third kappa shape index (κ3) is 4.71. The molecule has 194 valence electrons. The molecule has 1 aromatic carbocycles. The van der Waals surface area contributed by atoms with E-state index in [0.717, 1.165) is 83.5 Å². The molecule has 3 aromatic heterocycles. The second-order valence-corrected chi connectivity index (χ2v) is 11.1. The summed E-state index contributed by atoms with van der Waals surface area (Å²) in [6, 6.07) is 8.21. The molecule has 37 heavy (non-hydrogen) atoms. The Kier molecular flexibility index (Phi) is 6.60. The molecule has 0 atom stereocenters. The van der Waals surface area contributed by atoms with Crippen LogP contribution in [0.4, 0.5) is 11.6 Å². The maximum absolute atomic E-state index is 6.26. The van der Waals surface area contributed by atoms with Gasteiger partial charge in [0.05, 0.1) is 42.2 Å². The molecule has 0 amide bonds. The average molecular weight is 520 g/mol. The van der Waals surface area contributed by atoms with Crippen LogP contribution in [0.25, 0.3) is 20.4 Å². The van der Waals surface area contributed by atoms with Gasteiger partial charge in [-0.2, -0.15) is 0 Å². The molecule has 0 aliphatic carbocycles. The van der Waals surface area contributed by atoms with E-state index in [1.54, 1.807) is 17.7 Å². The number of nitrogens with zero attached hydrogens (tertiary/aromatic N) is 4. The third-order valence-electron chi connectivity index (χ3n) is 7.08. The number of hydrogen-bond donors (Lipinski definition) is 1. The van der Waals surface area contributed by atoms with Crippen LogP contribution in [-0.2, 0) is 28.9 Å². The van der Waals surface area contributed by atoms with Gasteiger partial charge in [0.25, 0.3) is 0 Å². The van der Waals surface area contributed by atoms with Crippen LogP contribution in [0.2, 0.25) is 0 Å². The Balaban J connectivity index is 1.38. The Hall–Kier alpha value is -3.01. The van der Waals surface area contributed by atoms with Crippen molar-refractivity contribution in [3.63, 3.8) is 0 Å². The van der Waals surface area contributed by atoms with Crippen molar-refractivity contribution in [1.29, 1.82) is 0 Å². The largest absolute Gasteiger partial charge is 0.494 e. The smallest absolute Gasteiger partial charge is 0.147 e. The minimum Gasteiger partial charge on any atom is -0.494 e. The van der Waals surface area contributed by atoms with Gasteiger partial charge in [0.1, 0.15) is 28.5 Å². The normalized spacial score (nSPS) is 17.2. The van der Waals surface area contributed by atoms with Crippen LogP contribution in [0.5, 0.6) is 5.75 Å². The van der Waals surface area contributed by atoms with Crippen LogP contribution in [-0.4, -0.2) is 60.0 Å². The van der Waals surface area contributed by atoms with Crippen molar-refractivity contribution in [3.8, 4) is 5.75 Å². The van der Waals surface area contributed by atoms with Crippen LogP contribution < -0.4 is 15.0 Å². The zero-order valence-corrected chi connectivity index (χ0v) is 22.5. The van der Waals surface area contributed by atoms with Crippen molar-refractivity contribution in [1.82, 2.24) is 15.0 Å². The summed E-state index contributed by atoms with van der Waals surface area (Å²) in [4.78, 5) is 17.9. The van der Waals surface area contributed by atoms with Gasteiger partial charge in [-0.1, -0.05) is 18.2 Å². The number of pyridine rings is 1. The van der Waals surface area contributed by atoms with Crippen molar-refractivity contribution in [2.24, 2.45) is 0 Å². The predicted molar refractivity (Wildman–Crippen MR) is 148 cm³/mol. The van der Waals surface area contributed by atoms with E-state index in [1.165, 1.54) is 16.7 Å². The molecule has 5 heterocycles. The fourth-order valence-corrected chi connectivity index (χ4v) is 6.39. The lowest BCUT2D eigenvalue weighted by atomic mass is 9.90. The van der Waals surface area contributed by atoms with Crippen LogP contribution in [0.1, 0.15) is 37.5 Å². The maximum atomic E-state index is 6.26. The summed E-state index contributed by atoms with van der Waals surface area (Å²) in [5.41, 5.74) is 4.42. The Morgan fingerprint density at radius 1 is 1.14 bits per heavy atom. The minimum atomic E-state index is -0.236. The zero-order valence-electron chi connectivity index (χ0n) is 21.7. The van der Waals surface area contributed by atoms with Gasteiger partial charge < -0.3 is 24.4 Å². The Bertz CT molecular complexity index is 1430. The average Bonchev–Trinajstić information content (AvgIpc) is 3.29. The molecule has 0 saturated carbocycles. The van der Waals surface area contributed by atoms with Crippen LogP contribution in [0.3, 0.4) is 0 Å². The molecule has 2 aliphatic heterocycles. The van der Waals surface area contributed by atoms with Gasteiger partial charge in [-0.15, -0.1) is 11.3 Å². The molecule has 1 fully saturated rings. The molecule has 4 aromatic rings. The first-order valence-electron chi connectivity index (χ1n) is 13.0. The highest BCUT2D eigenvalue weighted by Gasteiger charge is 2.33. The van der Waals surface area contributed by atoms with Gasteiger partial charge in [-0.25, -0.2) is 15.0 Å². The molecule has 6 rings (SSSR count). The van der Waals surface area contributed by atoms with Gasteiger partial charge >= 0.3 is 0 Å². The number of nitrogens with one attached hydrogen (secondary N) is 1. The first kappa shape index (κ1) is 24.3. The number of hydrogen-bond acceptors (Lipinski definition) is 9. The van der Waals surface area contributed by atoms with Crippen molar-refractivity contribution < 1.29 is 14.2 Å². The lowest BCUT2D eigenvalue weighted by molar-refractivity contribution is -0.0396. The second-order valence-electron chi connectivity index (χ2n) is 10.1. The second kappa shape index (κ2) is 10.0. The van der Waals surface area contributed by atoms with E-state index >= 15 is 0 Å². The number of para-hydroxylation sites is 1. The van der Waals surface area contributed by atoms with E-state index in [9.17, 15) is 0 Å². The van der Waals surface area contributed by atoms with E-state index in [1.807, 2.05) is 19.1 Å². The molecule has 1 N–H and O–H groups in total. The summed E-state index contributed by atoms with van der Waals surface area (Å²) < 4.78 is 18.7. The predicted octanol–water partition coefficient (Wildman–Crippen LogP) is 4.98. The van der Waals surface area contributed by atoms with E-state index < -0.39 is 0 Å². The fraction of sp³-hybridized carbons (Fsp3) is 0.464. The van der Waals surface area contributed by atoms with E-state index in [4.69, 9.17) is 24.2 Å². The van der Waals surface area contributed by atoms with E-state index in [-0.39, 0.29) is 5.60 Å². The Morgan fingerprint density at radius 3 is 2.81 bits per heavy atom. The SMILES string of the molecule is CCOc1ccccc1CCNc1ncnc2c1sc1nc(N3CCOCC3)c3c(c12)CC(C)(C)OC3. The molecule has 8 nitrogen and oxygen atoms in total. The number of thiophene rings is 1. The van der Waals surface area contributed by atoms with Gasteiger partial charge in [-0.3, -0.25) is 0 Å². The van der Waals surface area contributed by atoms with E-state index in [2.05, 4.69) is 41.2 Å². The first-order valence-corrected chi connectivity index (χ1v) is 13.9. The molecule has 0 radical (unpaired) electrons. The van der Waals surface area contributed by atoms with Gasteiger partial charge in [0, 0.05) is 37.0 Å². The molecule has 0 unspecified atom stereocenters. The number of anilines is 2. The third-order valence-corrected chi connectivity index (χ3v) is 8.16. The van der Waals surface area contributed by atoms with Crippen molar-refractivity contribution in [3.05, 3.63) is 47.3 Å². The van der Waals surface area contributed by atoms with Gasteiger partial charge in [-0.05, 0) is 44.4 Å². The number of rotatable bonds is 7. The highest BCUT2D eigenvalue weighted by atomic mass is 32.1. The van der Waals surface area contributed by atoms with Crippen molar-refractivity contribution in [2.75, 3.05) is 49.7 Å². The van der Waals surface area contributed by atoms with Crippen molar-refractivity contribution >= 4 is 43.4 Å². The van der Waals surface area contributed by atoms with Crippen molar-refractivity contribution in [2.45, 2.75) is 45.8 Å². The highest BCUT2D eigenvalue weighted by Crippen LogP contribution is 2.44. The fourth-order valence-electron chi connectivity index (χ4n) is 5.27. The summed E-state index contributed by atoms with van der Waals surface area (Å²) in [6.07, 6.45) is 3.33. The standard InChI is InChI=1S/C28H33N5O3S/c1-4-35-21-8-6-5-7-18(21)9-10-29-25-24-23(30-17-31-25)22-19-15-28(2,3)36-16-20(19)26(32-27(22)37-24)33-11-13-34-14-12-33/h5-8,17H,4,9-16H2,1-3H3,(H,29,30,31). The lowest BCUT2D eigenvalue weighted by Crippen LogP contribution is -2.39. The van der Waals surface area contributed by atoms with Crippen LogP contribution in [0.15, 0.2) is 30.6 Å². The molecule has 1 saturated heterocycles. The van der Waals surface area contributed by atoms with E-state index in [0.29, 0.717) is 13.2 Å². The molecule has 0 spiro atoms. The summed E-state index contributed by atoms with van der Waals surface area (Å²) >= 11 is 1.67. The summed E-state index contributed by atoms with van der Waals surface area (Å²) in [5, 5.41) is 4.71. The topological polar surface area (TPSA) is 81.6 Å². The van der Waals surface area contributed by atoms with Crippen LogP contribution in [0, 0.1) is 0 Å². The highest BCUT2D eigenvalue weighted by molar-refractivity contribution is 7.26. The molecule has 0 bridgehead atoms. The minimum absolute atomic E-state index is 0.236. The summed E-state index contributed by atoms with van der Waals surface area (Å²) in [7, 11) is 0. The molecular weight excluding hydrogens is 486 g/mol. The Morgan fingerprint density at radius 2 is 1.97 bits per heavy atom. The molecule has 2 aliphatic rings.